The second-order valence-electron chi connectivity index (χ2n) is 3.10. The van der Waals surface area contributed by atoms with Crippen LogP contribution in [0.15, 0.2) is 6.08 Å². The number of hydrogen-bond donors (Lipinski definition) is 0. The third kappa shape index (κ3) is 2.13. The Bertz CT molecular complexity index is 499. The molecule has 0 heterocycles. The molecule has 6 heteroatoms. The summed E-state index contributed by atoms with van der Waals surface area (Å²) in [5.41, 5.74) is -1.30. The highest BCUT2D eigenvalue weighted by molar-refractivity contribution is 5.68. The van der Waals surface area contributed by atoms with Gasteiger partial charge in [-0.2, -0.15) is 5.26 Å². The molecule has 0 saturated carbocycles. The van der Waals surface area contributed by atoms with E-state index in [0.29, 0.717) is 0 Å². The molecule has 0 bridgehead atoms. The van der Waals surface area contributed by atoms with Gasteiger partial charge in [0.2, 0.25) is 5.82 Å². The molecule has 1 aromatic rings. The van der Waals surface area contributed by atoms with E-state index in [1.807, 2.05) is 0 Å². The van der Waals surface area contributed by atoms with Crippen molar-refractivity contribution in [3.05, 3.63) is 40.7 Å². The van der Waals surface area contributed by atoms with Crippen LogP contribution in [0.2, 0.25) is 0 Å². The topological polar surface area (TPSA) is 23.8 Å². The third-order valence-corrected chi connectivity index (χ3v) is 2.15. The predicted octanol–water partition coefficient (Wildman–Crippen LogP) is 3.70. The average molecular weight is 247 g/mol. The highest BCUT2D eigenvalue weighted by Gasteiger charge is 2.26. The van der Waals surface area contributed by atoms with Gasteiger partial charge < -0.3 is 0 Å². The van der Waals surface area contributed by atoms with Crippen molar-refractivity contribution >= 4 is 5.57 Å². The zero-order chi connectivity index (χ0) is 13.2. The van der Waals surface area contributed by atoms with Gasteiger partial charge in [-0.3, -0.25) is 0 Å². The molecule has 0 spiro atoms. The number of nitriles is 1. The van der Waals surface area contributed by atoms with E-state index in [9.17, 15) is 22.0 Å². The van der Waals surface area contributed by atoms with Gasteiger partial charge in [0.1, 0.15) is 0 Å². The third-order valence-electron chi connectivity index (χ3n) is 2.15. The van der Waals surface area contributed by atoms with Gasteiger partial charge in [0.25, 0.3) is 0 Å². The second-order valence-corrected chi connectivity index (χ2v) is 3.10. The van der Waals surface area contributed by atoms with Crippen molar-refractivity contribution in [1.29, 1.82) is 5.26 Å². The molecule has 1 rings (SSSR count). The van der Waals surface area contributed by atoms with E-state index in [-0.39, 0.29) is 12.0 Å². The highest BCUT2D eigenvalue weighted by Crippen LogP contribution is 2.29. The molecule has 0 aliphatic carbocycles. The van der Waals surface area contributed by atoms with Crippen LogP contribution in [0.25, 0.3) is 5.57 Å². The van der Waals surface area contributed by atoms with Crippen molar-refractivity contribution in [3.8, 4) is 6.07 Å². The fraction of sp³-hybridized carbons (Fsp3) is 0.182. The summed E-state index contributed by atoms with van der Waals surface area (Å²) >= 11 is 0. The largest absolute Gasteiger partial charge is 0.203 e. The maximum Gasteiger partial charge on any atom is 0.200 e. The van der Waals surface area contributed by atoms with Crippen LogP contribution in [0.5, 0.6) is 0 Å². The quantitative estimate of drug-likeness (QED) is 0.338. The molecule has 0 N–H and O–H groups in total. The van der Waals surface area contributed by atoms with Crippen LogP contribution in [0.4, 0.5) is 22.0 Å². The zero-order valence-electron chi connectivity index (χ0n) is 8.62. The number of nitrogens with zero attached hydrogens (tertiary/aromatic N) is 1. The molecule has 0 atom stereocenters. The summed E-state index contributed by atoms with van der Waals surface area (Å²) < 4.78 is 65.1. The summed E-state index contributed by atoms with van der Waals surface area (Å²) in [4.78, 5) is 0. The van der Waals surface area contributed by atoms with E-state index in [1.54, 1.807) is 0 Å². The van der Waals surface area contributed by atoms with Crippen molar-refractivity contribution in [3.63, 3.8) is 0 Å². The Morgan fingerprint density at radius 1 is 1.00 bits per heavy atom. The fourth-order valence-electron chi connectivity index (χ4n) is 1.32. The van der Waals surface area contributed by atoms with E-state index in [1.165, 1.54) is 13.0 Å². The van der Waals surface area contributed by atoms with Gasteiger partial charge in [-0.05, 0) is 12.0 Å². The SMILES string of the molecule is CCC(=CC#N)c1c(F)c(F)c(F)c(F)c1F. The minimum absolute atomic E-state index is 0.0358. The molecule has 0 aliphatic rings. The maximum atomic E-state index is 13.3. The molecule has 0 radical (unpaired) electrons. The van der Waals surface area contributed by atoms with Gasteiger partial charge in [0.05, 0.1) is 11.6 Å². The zero-order valence-corrected chi connectivity index (χ0v) is 8.62. The smallest absolute Gasteiger partial charge is 0.200 e. The Morgan fingerprint density at radius 3 is 1.76 bits per heavy atom. The summed E-state index contributed by atoms with van der Waals surface area (Å²) in [7, 11) is 0. The standard InChI is InChI=1S/C11H6F5N/c1-2-5(3-4-17)6-7(12)9(14)11(16)10(15)8(6)13/h3H,2H2,1H3. The van der Waals surface area contributed by atoms with Crippen LogP contribution in [0.3, 0.4) is 0 Å². The van der Waals surface area contributed by atoms with Crippen LogP contribution in [-0.4, -0.2) is 0 Å². The van der Waals surface area contributed by atoms with Crippen molar-refractivity contribution in [2.24, 2.45) is 0 Å². The summed E-state index contributed by atoms with van der Waals surface area (Å²) in [6, 6.07) is 1.49. The highest BCUT2D eigenvalue weighted by atomic mass is 19.2. The monoisotopic (exact) mass is 247 g/mol. The molecule has 90 valence electrons. The van der Waals surface area contributed by atoms with Crippen molar-refractivity contribution < 1.29 is 22.0 Å². The number of benzene rings is 1. The number of allylic oxidation sites excluding steroid dienone is 2. The van der Waals surface area contributed by atoms with Gasteiger partial charge in [-0.1, -0.05) is 6.92 Å². The lowest BCUT2D eigenvalue weighted by atomic mass is 10.0. The normalized spacial score (nSPS) is 11.5. The predicted molar refractivity (Wildman–Crippen MR) is 50.1 cm³/mol. The molecular weight excluding hydrogens is 241 g/mol. The first kappa shape index (κ1) is 13.2. The van der Waals surface area contributed by atoms with Crippen LogP contribution in [0.1, 0.15) is 18.9 Å². The lowest BCUT2D eigenvalue weighted by Gasteiger charge is -2.09. The Hall–Kier alpha value is -1.90. The molecule has 1 nitrogen and oxygen atoms in total. The van der Waals surface area contributed by atoms with Gasteiger partial charge in [0, 0.05) is 6.08 Å². The minimum Gasteiger partial charge on any atom is -0.203 e. The van der Waals surface area contributed by atoms with Crippen molar-refractivity contribution in [2.75, 3.05) is 0 Å². The molecule has 0 amide bonds. The maximum absolute atomic E-state index is 13.3. The summed E-state index contributed by atoms with van der Waals surface area (Å²) in [5, 5.41) is 8.37. The Balaban J connectivity index is 3.66. The van der Waals surface area contributed by atoms with Gasteiger partial charge in [-0.15, -0.1) is 0 Å². The van der Waals surface area contributed by atoms with E-state index in [0.717, 1.165) is 6.08 Å². The van der Waals surface area contributed by atoms with Gasteiger partial charge in [0.15, 0.2) is 23.3 Å². The lowest BCUT2D eigenvalue weighted by molar-refractivity contribution is 0.376. The molecule has 0 aliphatic heterocycles. The Kier molecular flexibility index (Phi) is 3.84. The van der Waals surface area contributed by atoms with Gasteiger partial charge >= 0.3 is 0 Å². The van der Waals surface area contributed by atoms with E-state index in [4.69, 9.17) is 5.26 Å². The summed E-state index contributed by atoms with van der Waals surface area (Å²) in [6.45, 7) is 1.43. The molecule has 0 fully saturated rings. The van der Waals surface area contributed by atoms with Crippen LogP contribution >= 0.6 is 0 Å². The van der Waals surface area contributed by atoms with Crippen molar-refractivity contribution in [2.45, 2.75) is 13.3 Å². The average Bonchev–Trinajstić information content (AvgIpc) is 2.33. The number of rotatable bonds is 2. The summed E-state index contributed by atoms with van der Waals surface area (Å²) in [6.07, 6.45) is 0.712. The number of hydrogen-bond acceptors (Lipinski definition) is 1. The van der Waals surface area contributed by atoms with E-state index < -0.39 is 34.6 Å². The first-order valence-electron chi connectivity index (χ1n) is 4.56. The fourth-order valence-corrected chi connectivity index (χ4v) is 1.32. The Morgan fingerprint density at radius 2 is 1.41 bits per heavy atom. The minimum atomic E-state index is -2.21. The molecule has 17 heavy (non-hydrogen) atoms. The Labute approximate surface area is 93.8 Å². The van der Waals surface area contributed by atoms with Crippen LogP contribution in [0, 0.1) is 40.4 Å². The van der Waals surface area contributed by atoms with Crippen LogP contribution < -0.4 is 0 Å². The summed E-state index contributed by atoms with van der Waals surface area (Å²) in [5.74, 6) is -10.1. The second kappa shape index (κ2) is 4.95. The van der Waals surface area contributed by atoms with E-state index in [2.05, 4.69) is 0 Å². The first-order valence-corrected chi connectivity index (χ1v) is 4.56. The first-order chi connectivity index (χ1) is 7.95. The molecule has 0 saturated heterocycles. The number of halogens is 5. The molecule has 0 aromatic heterocycles. The molecular formula is C11H6F5N. The van der Waals surface area contributed by atoms with Crippen LogP contribution in [-0.2, 0) is 0 Å². The van der Waals surface area contributed by atoms with Gasteiger partial charge in [-0.25, -0.2) is 22.0 Å². The van der Waals surface area contributed by atoms with Crippen molar-refractivity contribution in [1.82, 2.24) is 0 Å². The van der Waals surface area contributed by atoms with E-state index >= 15 is 0 Å². The molecule has 0 unspecified atom stereocenters. The molecule has 1 aromatic carbocycles. The lowest BCUT2D eigenvalue weighted by Crippen LogP contribution is -2.06.